The molecule has 3 nitrogen and oxygen atoms in total. The predicted octanol–water partition coefficient (Wildman–Crippen LogP) is 4.83. The highest BCUT2D eigenvalue weighted by atomic mass is 79.9. The average Bonchev–Trinajstić information content (AvgIpc) is 2.38. The van der Waals surface area contributed by atoms with E-state index in [1.54, 1.807) is 6.20 Å². The predicted molar refractivity (Wildman–Crippen MR) is 89.8 cm³/mol. The highest BCUT2D eigenvalue weighted by molar-refractivity contribution is 9.10. The zero-order valence-corrected chi connectivity index (χ0v) is 14.5. The highest BCUT2D eigenvalue weighted by Crippen LogP contribution is 2.26. The molecule has 1 aromatic carbocycles. The SMILES string of the molecule is Cc1cccc(Oc2ncc(Br)cc2CNC(C)(C)C)c1. The largest absolute Gasteiger partial charge is 0.439 e. The first-order valence-corrected chi connectivity index (χ1v) is 7.77. The Kier molecular flexibility index (Phi) is 5.01. The van der Waals surface area contributed by atoms with Crippen molar-refractivity contribution in [3.05, 3.63) is 52.1 Å². The Hall–Kier alpha value is -1.39. The van der Waals surface area contributed by atoms with Crippen LogP contribution in [0.3, 0.4) is 0 Å². The van der Waals surface area contributed by atoms with E-state index in [4.69, 9.17) is 4.74 Å². The fourth-order valence-electron chi connectivity index (χ4n) is 1.84. The van der Waals surface area contributed by atoms with Crippen molar-refractivity contribution < 1.29 is 4.74 Å². The summed E-state index contributed by atoms with van der Waals surface area (Å²) >= 11 is 3.47. The minimum Gasteiger partial charge on any atom is -0.439 e. The Morgan fingerprint density at radius 3 is 2.67 bits per heavy atom. The molecule has 0 saturated carbocycles. The molecule has 0 aliphatic heterocycles. The van der Waals surface area contributed by atoms with E-state index in [9.17, 15) is 0 Å². The molecule has 1 N–H and O–H groups in total. The number of ether oxygens (including phenoxy) is 1. The van der Waals surface area contributed by atoms with Gasteiger partial charge in [0, 0.05) is 28.3 Å². The molecule has 0 unspecified atom stereocenters. The summed E-state index contributed by atoms with van der Waals surface area (Å²) in [5.74, 6) is 1.45. The van der Waals surface area contributed by atoms with Gasteiger partial charge in [-0.2, -0.15) is 0 Å². The first-order valence-electron chi connectivity index (χ1n) is 6.97. The van der Waals surface area contributed by atoms with Crippen molar-refractivity contribution in [3.8, 4) is 11.6 Å². The van der Waals surface area contributed by atoms with Crippen LogP contribution >= 0.6 is 15.9 Å². The number of rotatable bonds is 4. The lowest BCUT2D eigenvalue weighted by Gasteiger charge is -2.21. The van der Waals surface area contributed by atoms with Crippen molar-refractivity contribution in [2.45, 2.75) is 39.8 Å². The molecule has 0 aliphatic rings. The lowest BCUT2D eigenvalue weighted by Crippen LogP contribution is -2.35. The molecule has 0 amide bonds. The van der Waals surface area contributed by atoms with Crippen LogP contribution in [0.15, 0.2) is 41.0 Å². The molecule has 0 aliphatic carbocycles. The molecule has 112 valence electrons. The van der Waals surface area contributed by atoms with Crippen molar-refractivity contribution in [2.75, 3.05) is 0 Å². The van der Waals surface area contributed by atoms with Gasteiger partial charge in [-0.05, 0) is 67.4 Å². The molecule has 0 atom stereocenters. The maximum absolute atomic E-state index is 5.94. The standard InChI is InChI=1S/C17H21BrN2O/c1-12-6-5-7-15(8-12)21-16-13(9-14(18)11-19-16)10-20-17(2,3)4/h5-9,11,20H,10H2,1-4H3. The van der Waals surface area contributed by atoms with Gasteiger partial charge in [-0.3, -0.25) is 0 Å². The topological polar surface area (TPSA) is 34.1 Å². The third-order valence-corrected chi connectivity index (χ3v) is 3.34. The number of nitrogens with zero attached hydrogens (tertiary/aromatic N) is 1. The fraction of sp³-hybridized carbons (Fsp3) is 0.353. The quantitative estimate of drug-likeness (QED) is 0.858. The van der Waals surface area contributed by atoms with Crippen LogP contribution in [0.1, 0.15) is 31.9 Å². The molecular weight excluding hydrogens is 328 g/mol. The van der Waals surface area contributed by atoms with E-state index < -0.39 is 0 Å². The van der Waals surface area contributed by atoms with Crippen LogP contribution in [0.2, 0.25) is 0 Å². The van der Waals surface area contributed by atoms with Crippen molar-refractivity contribution in [1.82, 2.24) is 10.3 Å². The summed E-state index contributed by atoms with van der Waals surface area (Å²) in [4.78, 5) is 4.39. The Balaban J connectivity index is 2.22. The number of aromatic nitrogens is 1. The molecule has 0 radical (unpaired) electrons. The number of nitrogens with one attached hydrogen (secondary N) is 1. The van der Waals surface area contributed by atoms with Gasteiger partial charge in [0.2, 0.25) is 5.88 Å². The van der Waals surface area contributed by atoms with Crippen LogP contribution in [0.5, 0.6) is 11.6 Å². The van der Waals surface area contributed by atoms with Crippen molar-refractivity contribution >= 4 is 15.9 Å². The Morgan fingerprint density at radius 1 is 1.24 bits per heavy atom. The fourth-order valence-corrected chi connectivity index (χ4v) is 2.22. The summed E-state index contributed by atoms with van der Waals surface area (Å²) < 4.78 is 6.89. The second kappa shape index (κ2) is 6.58. The van der Waals surface area contributed by atoms with Gasteiger partial charge in [-0.1, -0.05) is 12.1 Å². The van der Waals surface area contributed by atoms with Gasteiger partial charge in [-0.15, -0.1) is 0 Å². The number of benzene rings is 1. The minimum atomic E-state index is 0.0446. The number of halogens is 1. The second-order valence-electron chi connectivity index (χ2n) is 6.14. The molecule has 2 aromatic rings. The first-order chi connectivity index (χ1) is 9.83. The summed E-state index contributed by atoms with van der Waals surface area (Å²) in [6.07, 6.45) is 1.76. The van der Waals surface area contributed by atoms with Crippen LogP contribution in [-0.4, -0.2) is 10.5 Å². The summed E-state index contributed by atoms with van der Waals surface area (Å²) in [6.45, 7) is 9.17. The molecule has 4 heteroatoms. The lowest BCUT2D eigenvalue weighted by atomic mass is 10.1. The molecule has 0 spiro atoms. The zero-order valence-electron chi connectivity index (χ0n) is 12.9. The van der Waals surface area contributed by atoms with Crippen LogP contribution in [0.4, 0.5) is 0 Å². The normalized spacial score (nSPS) is 11.5. The summed E-state index contributed by atoms with van der Waals surface area (Å²) in [5, 5.41) is 3.46. The highest BCUT2D eigenvalue weighted by Gasteiger charge is 2.13. The van der Waals surface area contributed by atoms with Gasteiger partial charge in [0.25, 0.3) is 0 Å². The molecule has 0 fully saturated rings. The van der Waals surface area contributed by atoms with E-state index in [1.807, 2.05) is 37.3 Å². The summed E-state index contributed by atoms with van der Waals surface area (Å²) in [6, 6.07) is 10.0. The van der Waals surface area contributed by atoms with Gasteiger partial charge in [-0.25, -0.2) is 4.98 Å². The van der Waals surface area contributed by atoms with Gasteiger partial charge < -0.3 is 10.1 Å². The summed E-state index contributed by atoms with van der Waals surface area (Å²) in [7, 11) is 0. The lowest BCUT2D eigenvalue weighted by molar-refractivity contribution is 0.409. The Bertz CT molecular complexity index is 620. The Morgan fingerprint density at radius 2 is 2.00 bits per heavy atom. The number of pyridine rings is 1. The van der Waals surface area contributed by atoms with E-state index in [0.29, 0.717) is 12.4 Å². The van der Waals surface area contributed by atoms with Crippen LogP contribution < -0.4 is 10.1 Å². The van der Waals surface area contributed by atoms with Gasteiger partial charge in [0.1, 0.15) is 5.75 Å². The van der Waals surface area contributed by atoms with Crippen LogP contribution in [0, 0.1) is 6.92 Å². The maximum Gasteiger partial charge on any atom is 0.223 e. The number of hydrogen-bond acceptors (Lipinski definition) is 3. The molecule has 1 aromatic heterocycles. The van der Waals surface area contributed by atoms with E-state index in [-0.39, 0.29) is 5.54 Å². The van der Waals surface area contributed by atoms with E-state index in [0.717, 1.165) is 15.8 Å². The molecule has 2 rings (SSSR count). The third kappa shape index (κ3) is 5.14. The van der Waals surface area contributed by atoms with Crippen molar-refractivity contribution in [3.63, 3.8) is 0 Å². The molecule has 0 saturated heterocycles. The summed E-state index contributed by atoms with van der Waals surface area (Å²) in [5.41, 5.74) is 2.24. The zero-order chi connectivity index (χ0) is 15.5. The average molecular weight is 349 g/mol. The van der Waals surface area contributed by atoms with Gasteiger partial charge in [0.15, 0.2) is 0 Å². The molecule has 0 bridgehead atoms. The van der Waals surface area contributed by atoms with E-state index in [1.165, 1.54) is 5.56 Å². The van der Waals surface area contributed by atoms with E-state index >= 15 is 0 Å². The third-order valence-electron chi connectivity index (χ3n) is 2.91. The smallest absolute Gasteiger partial charge is 0.223 e. The van der Waals surface area contributed by atoms with Crippen LogP contribution in [0.25, 0.3) is 0 Å². The minimum absolute atomic E-state index is 0.0446. The van der Waals surface area contributed by atoms with Gasteiger partial charge in [0.05, 0.1) is 0 Å². The number of aryl methyl sites for hydroxylation is 1. The molecular formula is C17H21BrN2O. The van der Waals surface area contributed by atoms with Crippen LogP contribution in [-0.2, 0) is 6.54 Å². The van der Waals surface area contributed by atoms with E-state index in [2.05, 4.69) is 47.0 Å². The first kappa shape index (κ1) is 16.0. The van der Waals surface area contributed by atoms with Gasteiger partial charge >= 0.3 is 0 Å². The second-order valence-corrected chi connectivity index (χ2v) is 7.06. The molecule has 1 heterocycles. The monoisotopic (exact) mass is 348 g/mol. The van der Waals surface area contributed by atoms with Crippen molar-refractivity contribution in [2.24, 2.45) is 0 Å². The Labute approximate surface area is 134 Å². The number of hydrogen-bond donors (Lipinski definition) is 1. The molecule has 21 heavy (non-hydrogen) atoms. The van der Waals surface area contributed by atoms with Crippen molar-refractivity contribution in [1.29, 1.82) is 0 Å². The maximum atomic E-state index is 5.94.